The minimum absolute atomic E-state index is 0.206. The van der Waals surface area contributed by atoms with Gasteiger partial charge in [-0.15, -0.1) is 3.89 Å². The first kappa shape index (κ1) is 23.5. The first-order valence-electron chi connectivity index (χ1n) is 9.07. The largest absolute Gasteiger partial charge is 0.383 e. The van der Waals surface area contributed by atoms with Gasteiger partial charge in [0.15, 0.2) is 0 Å². The van der Waals surface area contributed by atoms with Gasteiger partial charge in [0.1, 0.15) is 5.82 Å². The van der Waals surface area contributed by atoms with Gasteiger partial charge in [0, 0.05) is 10.6 Å². The highest BCUT2D eigenvalue weighted by Crippen LogP contribution is 2.29. The number of anilines is 2. The molecule has 0 aliphatic carbocycles. The molecule has 0 bridgehead atoms. The SMILES string of the molecule is CCc1nc(N)nc(N)c1-c1ccc(Cl)cc1.NCCc1ccc(S(=O)(=O)F)cc1. The lowest BCUT2D eigenvalue weighted by Gasteiger charge is -2.10. The first-order valence-corrected chi connectivity index (χ1v) is 10.8. The molecule has 160 valence electrons. The Morgan fingerprint density at radius 1 is 1.00 bits per heavy atom. The average molecular weight is 452 g/mol. The van der Waals surface area contributed by atoms with Gasteiger partial charge in [-0.3, -0.25) is 0 Å². The van der Waals surface area contributed by atoms with Crippen LogP contribution in [0, 0.1) is 0 Å². The number of benzene rings is 2. The Hall–Kier alpha value is -2.75. The van der Waals surface area contributed by atoms with Crippen LogP contribution in [0.3, 0.4) is 0 Å². The quantitative estimate of drug-likeness (QED) is 0.505. The third kappa shape index (κ3) is 6.38. The van der Waals surface area contributed by atoms with Gasteiger partial charge >= 0.3 is 10.2 Å². The standard InChI is InChI=1S/C12H13ClN4.C8H10FNO2S/c1-2-9-10(11(14)17-12(15)16-9)7-3-5-8(13)6-4-7;9-13(11,12)8-3-1-7(2-4-8)5-6-10/h3-6H,2H2,1H3,(H4,14,15,16,17);1-4H,5-6,10H2. The molecule has 3 rings (SSSR count). The second-order valence-corrected chi connectivity index (χ2v) is 8.05. The fourth-order valence-electron chi connectivity index (χ4n) is 2.72. The molecule has 7 nitrogen and oxygen atoms in total. The van der Waals surface area contributed by atoms with E-state index in [0.717, 1.165) is 28.8 Å². The van der Waals surface area contributed by atoms with Gasteiger partial charge in [-0.2, -0.15) is 13.4 Å². The molecule has 0 saturated heterocycles. The summed E-state index contributed by atoms with van der Waals surface area (Å²) in [6.07, 6.45) is 1.40. The third-order valence-corrected chi connectivity index (χ3v) is 5.22. The topological polar surface area (TPSA) is 138 Å². The van der Waals surface area contributed by atoms with E-state index in [2.05, 4.69) is 9.97 Å². The molecule has 6 N–H and O–H groups in total. The highest BCUT2D eigenvalue weighted by Gasteiger charge is 2.12. The molecule has 1 heterocycles. The van der Waals surface area contributed by atoms with Crippen LogP contribution in [0.5, 0.6) is 0 Å². The highest BCUT2D eigenvalue weighted by atomic mass is 35.5. The van der Waals surface area contributed by atoms with Crippen LogP contribution in [0.4, 0.5) is 15.7 Å². The molecular weight excluding hydrogens is 429 g/mol. The number of halogens is 2. The number of hydrogen-bond donors (Lipinski definition) is 3. The Morgan fingerprint density at radius 2 is 1.60 bits per heavy atom. The van der Waals surface area contributed by atoms with Crippen LogP contribution in [0.1, 0.15) is 18.2 Å². The van der Waals surface area contributed by atoms with E-state index < -0.39 is 10.2 Å². The van der Waals surface area contributed by atoms with Gasteiger partial charge in [0.05, 0.1) is 10.6 Å². The Balaban J connectivity index is 0.000000222. The number of rotatable bonds is 5. The van der Waals surface area contributed by atoms with Crippen LogP contribution in [-0.2, 0) is 23.1 Å². The summed E-state index contributed by atoms with van der Waals surface area (Å²) in [7, 11) is -4.57. The van der Waals surface area contributed by atoms with Gasteiger partial charge in [0.25, 0.3) is 0 Å². The Bertz CT molecular complexity index is 1090. The van der Waals surface area contributed by atoms with Crippen LogP contribution >= 0.6 is 11.6 Å². The summed E-state index contributed by atoms with van der Waals surface area (Å²) in [5.41, 5.74) is 20.3. The Morgan fingerprint density at radius 3 is 2.10 bits per heavy atom. The zero-order valence-corrected chi connectivity index (χ0v) is 17.9. The van der Waals surface area contributed by atoms with E-state index in [1.165, 1.54) is 12.1 Å². The molecule has 0 aliphatic rings. The third-order valence-electron chi connectivity index (χ3n) is 4.13. The van der Waals surface area contributed by atoms with Crippen molar-refractivity contribution in [2.45, 2.75) is 24.7 Å². The molecule has 0 amide bonds. The van der Waals surface area contributed by atoms with E-state index in [4.69, 9.17) is 28.8 Å². The molecule has 0 radical (unpaired) electrons. The van der Waals surface area contributed by atoms with Crippen molar-refractivity contribution in [3.05, 3.63) is 64.8 Å². The molecule has 0 atom stereocenters. The fraction of sp³-hybridized carbons (Fsp3) is 0.200. The number of aryl methyl sites for hydroxylation is 1. The molecule has 30 heavy (non-hydrogen) atoms. The van der Waals surface area contributed by atoms with Crippen molar-refractivity contribution < 1.29 is 12.3 Å². The van der Waals surface area contributed by atoms with E-state index in [0.29, 0.717) is 23.8 Å². The first-order chi connectivity index (χ1) is 14.2. The van der Waals surface area contributed by atoms with Crippen molar-refractivity contribution in [3.8, 4) is 11.1 Å². The van der Waals surface area contributed by atoms with Crippen LogP contribution in [-0.4, -0.2) is 24.9 Å². The summed E-state index contributed by atoms with van der Waals surface area (Å²) in [6.45, 7) is 2.49. The number of nitrogens with two attached hydrogens (primary N) is 3. The van der Waals surface area contributed by atoms with Crippen molar-refractivity contribution >= 4 is 33.6 Å². The van der Waals surface area contributed by atoms with Gasteiger partial charge < -0.3 is 17.2 Å². The Labute approximate surface area is 180 Å². The summed E-state index contributed by atoms with van der Waals surface area (Å²) in [5.74, 6) is 0.605. The van der Waals surface area contributed by atoms with Crippen molar-refractivity contribution in [2.75, 3.05) is 18.0 Å². The van der Waals surface area contributed by atoms with Gasteiger partial charge in [-0.05, 0) is 54.8 Å². The zero-order chi connectivity index (χ0) is 22.3. The summed E-state index contributed by atoms with van der Waals surface area (Å²) >= 11 is 5.86. The highest BCUT2D eigenvalue weighted by molar-refractivity contribution is 7.86. The van der Waals surface area contributed by atoms with E-state index in [-0.39, 0.29) is 10.8 Å². The van der Waals surface area contributed by atoms with E-state index in [9.17, 15) is 12.3 Å². The predicted octanol–water partition coefficient (Wildman–Crippen LogP) is 3.37. The minimum atomic E-state index is -4.57. The minimum Gasteiger partial charge on any atom is -0.383 e. The van der Waals surface area contributed by atoms with Gasteiger partial charge in [0.2, 0.25) is 5.95 Å². The molecule has 0 unspecified atom stereocenters. The van der Waals surface area contributed by atoms with Crippen molar-refractivity contribution in [1.29, 1.82) is 0 Å². The molecule has 0 spiro atoms. The molecule has 3 aromatic rings. The lowest BCUT2D eigenvalue weighted by atomic mass is 10.0. The molecule has 1 aromatic heterocycles. The molecule has 10 heteroatoms. The van der Waals surface area contributed by atoms with Crippen LogP contribution < -0.4 is 17.2 Å². The number of nitrogen functional groups attached to an aromatic ring is 2. The normalized spacial score (nSPS) is 10.9. The summed E-state index contributed by atoms with van der Waals surface area (Å²) < 4.78 is 33.2. The maximum absolute atomic E-state index is 12.4. The maximum Gasteiger partial charge on any atom is 0.332 e. The summed E-state index contributed by atoms with van der Waals surface area (Å²) in [4.78, 5) is 7.89. The molecule has 0 saturated carbocycles. The lowest BCUT2D eigenvalue weighted by Crippen LogP contribution is -2.06. The monoisotopic (exact) mass is 451 g/mol. The van der Waals surface area contributed by atoms with Gasteiger partial charge in [-0.1, -0.05) is 42.8 Å². The Kier molecular flexibility index (Phi) is 8.10. The fourth-order valence-corrected chi connectivity index (χ4v) is 3.31. The second-order valence-electron chi connectivity index (χ2n) is 6.27. The molecule has 0 fully saturated rings. The van der Waals surface area contributed by atoms with Crippen molar-refractivity contribution in [2.24, 2.45) is 5.73 Å². The van der Waals surface area contributed by atoms with Gasteiger partial charge in [-0.25, -0.2) is 4.98 Å². The van der Waals surface area contributed by atoms with E-state index in [1.54, 1.807) is 12.1 Å². The number of nitrogens with zero attached hydrogens (tertiary/aromatic N) is 2. The van der Waals surface area contributed by atoms with Crippen molar-refractivity contribution in [1.82, 2.24) is 9.97 Å². The smallest absolute Gasteiger partial charge is 0.332 e. The average Bonchev–Trinajstić information content (AvgIpc) is 2.69. The number of hydrogen-bond acceptors (Lipinski definition) is 7. The molecular formula is C20H23ClFN5O2S. The van der Waals surface area contributed by atoms with Crippen LogP contribution in [0.15, 0.2) is 53.4 Å². The number of aromatic nitrogens is 2. The predicted molar refractivity (Wildman–Crippen MR) is 118 cm³/mol. The van der Waals surface area contributed by atoms with E-state index >= 15 is 0 Å². The van der Waals surface area contributed by atoms with Crippen molar-refractivity contribution in [3.63, 3.8) is 0 Å². The molecule has 0 aliphatic heterocycles. The summed E-state index contributed by atoms with van der Waals surface area (Å²) in [5, 5.41) is 0.682. The van der Waals surface area contributed by atoms with E-state index in [1.807, 2.05) is 31.2 Å². The summed E-state index contributed by atoms with van der Waals surface area (Å²) in [6, 6.07) is 13.0. The zero-order valence-electron chi connectivity index (χ0n) is 16.3. The lowest BCUT2D eigenvalue weighted by molar-refractivity contribution is 0.552. The maximum atomic E-state index is 12.4. The van der Waals surface area contributed by atoms with Crippen LogP contribution in [0.2, 0.25) is 5.02 Å². The van der Waals surface area contributed by atoms with Crippen LogP contribution in [0.25, 0.3) is 11.1 Å². The molecule has 2 aromatic carbocycles. The second kappa shape index (κ2) is 10.3.